The first kappa shape index (κ1) is 19.3. The van der Waals surface area contributed by atoms with Gasteiger partial charge in [0.05, 0.1) is 5.92 Å². The molecular weight excluding hydrogens is 314 g/mol. The number of nitrogens with zero attached hydrogens (tertiary/aromatic N) is 2. The summed E-state index contributed by atoms with van der Waals surface area (Å²) in [7, 11) is 0. The van der Waals surface area contributed by atoms with Crippen molar-refractivity contribution in [3.63, 3.8) is 0 Å². The number of urea groups is 1. The molecule has 1 saturated heterocycles. The molecule has 1 fully saturated rings. The molecule has 1 aliphatic heterocycles. The first-order chi connectivity index (χ1) is 12.1. The number of hydrogen-bond acceptors (Lipinski definition) is 2. The number of carbonyl (C=O) groups excluding carboxylic acids is 2. The molecule has 0 saturated carbocycles. The second-order valence-electron chi connectivity index (χ2n) is 6.80. The van der Waals surface area contributed by atoms with Gasteiger partial charge in [-0.15, -0.1) is 0 Å². The largest absolute Gasteiger partial charge is 0.355 e. The Balaban J connectivity index is 1.86. The highest BCUT2D eigenvalue weighted by Crippen LogP contribution is 2.19. The summed E-state index contributed by atoms with van der Waals surface area (Å²) in [5.41, 5.74) is 1.23. The molecule has 1 aromatic carbocycles. The zero-order valence-corrected chi connectivity index (χ0v) is 15.7. The average Bonchev–Trinajstić information content (AvgIpc) is 2.67. The summed E-state index contributed by atoms with van der Waals surface area (Å²) >= 11 is 0. The van der Waals surface area contributed by atoms with E-state index in [-0.39, 0.29) is 23.8 Å². The van der Waals surface area contributed by atoms with E-state index in [4.69, 9.17) is 0 Å². The fourth-order valence-corrected chi connectivity index (χ4v) is 3.36. The van der Waals surface area contributed by atoms with Crippen LogP contribution >= 0.6 is 0 Å². The zero-order valence-electron chi connectivity index (χ0n) is 15.7. The van der Waals surface area contributed by atoms with E-state index in [1.54, 1.807) is 0 Å². The van der Waals surface area contributed by atoms with Crippen LogP contribution in [0.25, 0.3) is 0 Å². The van der Waals surface area contributed by atoms with Crippen LogP contribution in [0.15, 0.2) is 30.3 Å². The minimum atomic E-state index is -0.101. The molecular formula is C20H31N3O2. The topological polar surface area (TPSA) is 52.7 Å². The van der Waals surface area contributed by atoms with Gasteiger partial charge in [-0.05, 0) is 38.2 Å². The fourth-order valence-electron chi connectivity index (χ4n) is 3.36. The van der Waals surface area contributed by atoms with Crippen molar-refractivity contribution in [2.45, 2.75) is 39.5 Å². The average molecular weight is 345 g/mol. The molecule has 138 valence electrons. The predicted molar refractivity (Wildman–Crippen MR) is 100 cm³/mol. The summed E-state index contributed by atoms with van der Waals surface area (Å²) in [4.78, 5) is 28.7. The van der Waals surface area contributed by atoms with E-state index in [0.717, 1.165) is 19.4 Å². The highest BCUT2D eigenvalue weighted by molar-refractivity contribution is 5.81. The maximum absolute atomic E-state index is 12.5. The lowest BCUT2D eigenvalue weighted by atomic mass is 9.96. The van der Waals surface area contributed by atoms with Crippen molar-refractivity contribution in [1.82, 2.24) is 15.1 Å². The highest BCUT2D eigenvalue weighted by atomic mass is 16.2. The van der Waals surface area contributed by atoms with Gasteiger partial charge in [0.2, 0.25) is 5.91 Å². The van der Waals surface area contributed by atoms with Crippen LogP contribution in [-0.4, -0.2) is 54.5 Å². The Labute approximate surface area is 151 Å². The molecule has 25 heavy (non-hydrogen) atoms. The number of likely N-dealkylation sites (tertiary alicyclic amines) is 1. The lowest BCUT2D eigenvalue weighted by Gasteiger charge is -2.35. The van der Waals surface area contributed by atoms with Gasteiger partial charge in [-0.1, -0.05) is 37.3 Å². The van der Waals surface area contributed by atoms with Crippen molar-refractivity contribution in [2.24, 2.45) is 5.92 Å². The molecule has 5 nitrogen and oxygen atoms in total. The molecule has 1 aromatic rings. The van der Waals surface area contributed by atoms with Crippen LogP contribution in [-0.2, 0) is 4.79 Å². The minimum Gasteiger partial charge on any atom is -0.355 e. The monoisotopic (exact) mass is 345 g/mol. The Morgan fingerprint density at radius 2 is 1.92 bits per heavy atom. The molecule has 0 radical (unpaired) electrons. The Morgan fingerprint density at radius 1 is 1.24 bits per heavy atom. The molecule has 2 rings (SSSR count). The number of hydrogen-bond donors (Lipinski definition) is 1. The van der Waals surface area contributed by atoms with Gasteiger partial charge in [0.1, 0.15) is 0 Å². The number of amides is 3. The second-order valence-corrected chi connectivity index (χ2v) is 6.80. The van der Waals surface area contributed by atoms with E-state index in [2.05, 4.69) is 24.4 Å². The smallest absolute Gasteiger partial charge is 0.320 e. The van der Waals surface area contributed by atoms with Gasteiger partial charge >= 0.3 is 6.03 Å². The van der Waals surface area contributed by atoms with Gasteiger partial charge in [0, 0.05) is 32.7 Å². The van der Waals surface area contributed by atoms with Gasteiger partial charge < -0.3 is 15.1 Å². The first-order valence-electron chi connectivity index (χ1n) is 9.43. The summed E-state index contributed by atoms with van der Waals surface area (Å²) in [5, 5.41) is 3.08. The molecule has 5 heteroatoms. The maximum Gasteiger partial charge on any atom is 0.320 e. The number of rotatable bonds is 6. The molecule has 0 aromatic heterocycles. The maximum atomic E-state index is 12.5. The van der Waals surface area contributed by atoms with Crippen LogP contribution in [0.2, 0.25) is 0 Å². The van der Waals surface area contributed by atoms with Crippen LogP contribution < -0.4 is 5.32 Å². The van der Waals surface area contributed by atoms with E-state index in [9.17, 15) is 9.59 Å². The number of benzene rings is 1. The van der Waals surface area contributed by atoms with Crippen molar-refractivity contribution in [3.8, 4) is 0 Å². The van der Waals surface area contributed by atoms with Crippen molar-refractivity contribution < 1.29 is 9.59 Å². The van der Waals surface area contributed by atoms with Crippen LogP contribution in [0, 0.1) is 5.92 Å². The van der Waals surface area contributed by atoms with Crippen LogP contribution in [0.3, 0.4) is 0 Å². The van der Waals surface area contributed by atoms with Gasteiger partial charge in [-0.2, -0.15) is 0 Å². The number of nitrogens with one attached hydrogen (secondary N) is 1. The normalized spacial score (nSPS) is 18.5. The number of piperidine rings is 1. The lowest BCUT2D eigenvalue weighted by molar-refractivity contribution is -0.126. The van der Waals surface area contributed by atoms with Crippen molar-refractivity contribution in [2.75, 3.05) is 32.7 Å². The first-order valence-corrected chi connectivity index (χ1v) is 9.43. The second kappa shape index (κ2) is 9.44. The Hall–Kier alpha value is -2.04. The molecule has 0 bridgehead atoms. The Kier molecular flexibility index (Phi) is 7.29. The summed E-state index contributed by atoms with van der Waals surface area (Å²) in [5.74, 6) is 0.248. The molecule has 1 heterocycles. The summed E-state index contributed by atoms with van der Waals surface area (Å²) in [6, 6.07) is 10.3. The SMILES string of the molecule is CCN(CC)C(=O)N1CCC[C@@H](C(=O)NC[C@H](C)c2ccccc2)C1. The van der Waals surface area contributed by atoms with Crippen molar-refractivity contribution in [1.29, 1.82) is 0 Å². The number of carbonyl (C=O) groups is 2. The summed E-state index contributed by atoms with van der Waals surface area (Å²) in [6.45, 7) is 9.41. The summed E-state index contributed by atoms with van der Waals surface area (Å²) in [6.07, 6.45) is 1.74. The minimum absolute atomic E-state index is 0.0557. The summed E-state index contributed by atoms with van der Waals surface area (Å²) < 4.78 is 0. The molecule has 2 atom stereocenters. The van der Waals surface area contributed by atoms with E-state index < -0.39 is 0 Å². The standard InChI is InChI=1S/C20H31N3O2/c1-4-22(5-2)20(25)23-13-9-12-18(15-23)19(24)21-14-16(3)17-10-7-6-8-11-17/h6-8,10-11,16,18H,4-5,9,12-15H2,1-3H3,(H,21,24)/t16-,18+/m0/s1. The fraction of sp³-hybridized carbons (Fsp3) is 0.600. The predicted octanol–water partition coefficient (Wildman–Crippen LogP) is 3.08. The third-order valence-corrected chi connectivity index (χ3v) is 5.05. The van der Waals surface area contributed by atoms with Crippen LogP contribution in [0.1, 0.15) is 45.1 Å². The molecule has 3 amide bonds. The quantitative estimate of drug-likeness (QED) is 0.861. The van der Waals surface area contributed by atoms with E-state index in [1.165, 1.54) is 5.56 Å². The van der Waals surface area contributed by atoms with E-state index in [1.807, 2.05) is 41.8 Å². The lowest BCUT2D eigenvalue weighted by Crippen LogP contribution is -2.50. The molecule has 1 aliphatic rings. The van der Waals surface area contributed by atoms with Gasteiger partial charge in [0.15, 0.2) is 0 Å². The highest BCUT2D eigenvalue weighted by Gasteiger charge is 2.30. The molecule has 0 unspecified atom stereocenters. The van der Waals surface area contributed by atoms with Crippen LogP contribution in [0.4, 0.5) is 4.79 Å². The van der Waals surface area contributed by atoms with E-state index in [0.29, 0.717) is 26.2 Å². The van der Waals surface area contributed by atoms with Crippen molar-refractivity contribution >= 4 is 11.9 Å². The van der Waals surface area contributed by atoms with Gasteiger partial charge in [0.25, 0.3) is 0 Å². The van der Waals surface area contributed by atoms with Gasteiger partial charge in [-0.25, -0.2) is 4.79 Å². The van der Waals surface area contributed by atoms with Gasteiger partial charge in [-0.3, -0.25) is 4.79 Å². The zero-order chi connectivity index (χ0) is 18.2. The third kappa shape index (κ3) is 5.21. The van der Waals surface area contributed by atoms with Crippen LogP contribution in [0.5, 0.6) is 0 Å². The van der Waals surface area contributed by atoms with Crippen molar-refractivity contribution in [3.05, 3.63) is 35.9 Å². The molecule has 1 N–H and O–H groups in total. The Bertz CT molecular complexity index is 557. The third-order valence-electron chi connectivity index (χ3n) is 5.05. The Morgan fingerprint density at radius 3 is 2.56 bits per heavy atom. The molecule has 0 aliphatic carbocycles. The molecule has 0 spiro atoms. The van der Waals surface area contributed by atoms with E-state index >= 15 is 0 Å².